The van der Waals surface area contributed by atoms with Gasteiger partial charge in [-0.3, -0.25) is 4.39 Å². The van der Waals surface area contributed by atoms with Gasteiger partial charge >= 0.3 is 0 Å². The molecule has 2 aromatic carbocycles. The van der Waals surface area contributed by atoms with Gasteiger partial charge in [0, 0.05) is 12.0 Å². The third-order valence-corrected chi connectivity index (χ3v) is 5.98. The lowest BCUT2D eigenvalue weighted by atomic mass is 9.86. The number of hydrogen-bond acceptors (Lipinski definition) is 0. The molecule has 0 bridgehead atoms. The Morgan fingerprint density at radius 2 is 1.74 bits per heavy atom. The van der Waals surface area contributed by atoms with Crippen molar-refractivity contribution in [2.45, 2.75) is 58.3 Å². The van der Waals surface area contributed by atoms with Gasteiger partial charge in [-0.2, -0.15) is 0 Å². The summed E-state index contributed by atoms with van der Waals surface area (Å²) in [7, 11) is 0. The van der Waals surface area contributed by atoms with Gasteiger partial charge in [-0.15, -0.1) is 0 Å². The first-order valence-corrected chi connectivity index (χ1v) is 11.2. The minimum absolute atomic E-state index is 0.0995. The maximum atomic E-state index is 14.7. The number of hydrogen-bond donors (Lipinski definition) is 0. The summed E-state index contributed by atoms with van der Waals surface area (Å²) in [4.78, 5) is 0. The van der Waals surface area contributed by atoms with Crippen molar-refractivity contribution in [3.8, 4) is 11.1 Å². The van der Waals surface area contributed by atoms with Crippen molar-refractivity contribution in [2.75, 3.05) is 6.67 Å². The van der Waals surface area contributed by atoms with E-state index in [1.54, 1.807) is 18.2 Å². The molecule has 0 heterocycles. The molecule has 0 nitrogen and oxygen atoms in total. The fourth-order valence-corrected chi connectivity index (χ4v) is 4.13. The molecule has 0 fully saturated rings. The molecule has 2 aromatic rings. The van der Waals surface area contributed by atoms with Gasteiger partial charge in [0.15, 0.2) is 11.6 Å². The van der Waals surface area contributed by atoms with Gasteiger partial charge in [0.2, 0.25) is 0 Å². The normalized spacial score (nSPS) is 17.0. The Bertz CT molecular complexity index is 925. The van der Waals surface area contributed by atoms with E-state index in [1.165, 1.54) is 5.57 Å². The molecule has 0 spiro atoms. The Morgan fingerprint density at radius 3 is 2.39 bits per heavy atom. The van der Waals surface area contributed by atoms with Gasteiger partial charge in [0.1, 0.15) is 0 Å². The third-order valence-electron chi connectivity index (χ3n) is 5.98. The van der Waals surface area contributed by atoms with E-state index in [0.717, 1.165) is 44.1 Å². The largest absolute Gasteiger partial charge is 0.251 e. The quantitative estimate of drug-likeness (QED) is 0.275. The summed E-state index contributed by atoms with van der Waals surface area (Å²) >= 11 is 0. The molecule has 0 saturated heterocycles. The minimum Gasteiger partial charge on any atom is -0.251 e. The van der Waals surface area contributed by atoms with E-state index in [4.69, 9.17) is 0 Å². The van der Waals surface area contributed by atoms with Crippen LogP contribution in [-0.2, 0) is 6.42 Å². The van der Waals surface area contributed by atoms with Gasteiger partial charge in [-0.25, -0.2) is 13.2 Å². The van der Waals surface area contributed by atoms with E-state index in [9.17, 15) is 17.6 Å². The van der Waals surface area contributed by atoms with Crippen LogP contribution >= 0.6 is 0 Å². The summed E-state index contributed by atoms with van der Waals surface area (Å²) in [5.74, 6) is -1.81. The summed E-state index contributed by atoms with van der Waals surface area (Å²) in [6.45, 7) is 1.41. The molecule has 1 unspecified atom stereocenters. The molecule has 0 radical (unpaired) electrons. The van der Waals surface area contributed by atoms with Crippen LogP contribution in [0.5, 0.6) is 0 Å². The van der Waals surface area contributed by atoms with Crippen LogP contribution in [-0.4, -0.2) is 6.67 Å². The lowest BCUT2D eigenvalue weighted by molar-refractivity contribution is 0.447. The fourth-order valence-electron chi connectivity index (χ4n) is 4.13. The zero-order chi connectivity index (χ0) is 22.2. The van der Waals surface area contributed by atoms with Crippen LogP contribution in [0.25, 0.3) is 16.7 Å². The Labute approximate surface area is 182 Å². The number of benzene rings is 2. The first-order chi connectivity index (χ1) is 15.0. The molecule has 1 aliphatic rings. The molecule has 1 aliphatic carbocycles. The first-order valence-electron chi connectivity index (χ1n) is 11.2. The number of allylic oxidation sites excluding steroid dienone is 4. The van der Waals surface area contributed by atoms with Crippen LogP contribution in [0.4, 0.5) is 17.6 Å². The van der Waals surface area contributed by atoms with Crippen molar-refractivity contribution in [1.82, 2.24) is 0 Å². The first kappa shape index (κ1) is 23.3. The summed E-state index contributed by atoms with van der Waals surface area (Å²) in [5, 5.41) is 0. The van der Waals surface area contributed by atoms with Crippen LogP contribution in [0.15, 0.2) is 54.4 Å². The predicted octanol–water partition coefficient (Wildman–Crippen LogP) is 8.76. The highest BCUT2D eigenvalue weighted by Crippen LogP contribution is 2.34. The number of aryl methyl sites for hydroxylation is 1. The average molecular weight is 431 g/mol. The fraction of sp³-hybridized carbons (Fsp3) is 0.407. The highest BCUT2D eigenvalue weighted by molar-refractivity contribution is 5.71. The van der Waals surface area contributed by atoms with Gasteiger partial charge < -0.3 is 0 Å². The van der Waals surface area contributed by atoms with Crippen LogP contribution in [0, 0.1) is 17.6 Å². The van der Waals surface area contributed by atoms with Crippen molar-refractivity contribution in [2.24, 2.45) is 5.92 Å². The number of alkyl halides is 1. The van der Waals surface area contributed by atoms with Crippen molar-refractivity contribution in [3.63, 3.8) is 0 Å². The van der Waals surface area contributed by atoms with E-state index in [0.29, 0.717) is 17.5 Å². The molecular formula is C27H30F4. The van der Waals surface area contributed by atoms with E-state index in [2.05, 4.69) is 13.0 Å². The van der Waals surface area contributed by atoms with E-state index >= 15 is 0 Å². The van der Waals surface area contributed by atoms with Crippen LogP contribution in [0.1, 0.15) is 63.0 Å². The lowest BCUT2D eigenvalue weighted by Gasteiger charge is -2.20. The second-order valence-electron chi connectivity index (χ2n) is 8.25. The standard InChI is InChI=1S/C27H30F4/c1-2-3-4-5-23-14-15-25(27(31)26(23)30)22-12-10-21(11-13-22)20-8-6-19(7-9-20)18-24(29)16-17-28/h8,10-15,18-19H,2-7,9,16-17H2,1H3. The molecule has 4 heteroatoms. The Hall–Kier alpha value is -2.36. The molecule has 0 N–H and O–H groups in total. The lowest BCUT2D eigenvalue weighted by Crippen LogP contribution is -2.03. The number of halogens is 4. The zero-order valence-corrected chi connectivity index (χ0v) is 18.1. The Morgan fingerprint density at radius 1 is 1.00 bits per heavy atom. The summed E-state index contributed by atoms with van der Waals surface area (Å²) < 4.78 is 54.9. The molecule has 3 rings (SSSR count). The zero-order valence-electron chi connectivity index (χ0n) is 18.1. The molecule has 0 aliphatic heterocycles. The maximum Gasteiger partial charge on any atom is 0.166 e. The molecule has 166 valence electrons. The van der Waals surface area contributed by atoms with Crippen LogP contribution < -0.4 is 0 Å². The highest BCUT2D eigenvalue weighted by atomic mass is 19.2. The van der Waals surface area contributed by atoms with Gasteiger partial charge in [-0.1, -0.05) is 62.2 Å². The topological polar surface area (TPSA) is 0 Å². The number of unbranched alkanes of at least 4 members (excludes halogenated alkanes) is 2. The molecule has 0 amide bonds. The van der Waals surface area contributed by atoms with Gasteiger partial charge in [0.05, 0.1) is 12.5 Å². The van der Waals surface area contributed by atoms with Gasteiger partial charge in [-0.05, 0) is 66.4 Å². The summed E-state index contributed by atoms with van der Waals surface area (Å²) in [6, 6.07) is 10.8. The van der Waals surface area contributed by atoms with E-state index in [1.807, 2.05) is 24.3 Å². The third kappa shape index (κ3) is 6.09. The smallest absolute Gasteiger partial charge is 0.166 e. The predicted molar refractivity (Wildman–Crippen MR) is 120 cm³/mol. The Kier molecular flexibility index (Phi) is 8.51. The summed E-state index contributed by atoms with van der Waals surface area (Å²) in [5.41, 5.74) is 3.55. The minimum atomic E-state index is -0.788. The van der Waals surface area contributed by atoms with Gasteiger partial charge in [0.25, 0.3) is 0 Å². The SMILES string of the molecule is CCCCCc1ccc(-c2ccc(C3=CCC(C=C(F)CCF)CC3)cc2)c(F)c1F. The van der Waals surface area contributed by atoms with E-state index in [-0.39, 0.29) is 23.7 Å². The summed E-state index contributed by atoms with van der Waals surface area (Å²) in [6.07, 6.45) is 9.27. The highest BCUT2D eigenvalue weighted by Gasteiger charge is 2.17. The molecule has 0 saturated carbocycles. The van der Waals surface area contributed by atoms with E-state index < -0.39 is 18.3 Å². The second-order valence-corrected chi connectivity index (χ2v) is 8.25. The average Bonchev–Trinajstić information content (AvgIpc) is 2.78. The molecule has 1 atom stereocenters. The monoisotopic (exact) mass is 430 g/mol. The second kappa shape index (κ2) is 11.3. The van der Waals surface area contributed by atoms with Crippen molar-refractivity contribution in [3.05, 3.63) is 77.1 Å². The molecule has 31 heavy (non-hydrogen) atoms. The van der Waals surface area contributed by atoms with Crippen molar-refractivity contribution < 1.29 is 17.6 Å². The molecule has 0 aromatic heterocycles. The maximum absolute atomic E-state index is 14.7. The van der Waals surface area contributed by atoms with Crippen LogP contribution in [0.3, 0.4) is 0 Å². The van der Waals surface area contributed by atoms with Crippen LogP contribution in [0.2, 0.25) is 0 Å². The van der Waals surface area contributed by atoms with Crippen molar-refractivity contribution in [1.29, 1.82) is 0 Å². The van der Waals surface area contributed by atoms with Crippen molar-refractivity contribution >= 4 is 5.57 Å². The Balaban J connectivity index is 1.70. The number of rotatable bonds is 9. The molecular weight excluding hydrogens is 400 g/mol.